The van der Waals surface area contributed by atoms with Crippen LogP contribution in [0.4, 0.5) is 0 Å². The highest BCUT2D eigenvalue weighted by molar-refractivity contribution is 5.96. The van der Waals surface area contributed by atoms with Gasteiger partial charge in [-0.05, 0) is 38.5 Å². The summed E-state index contributed by atoms with van der Waals surface area (Å²) in [5, 5.41) is 2.53. The van der Waals surface area contributed by atoms with Crippen LogP contribution < -0.4 is 5.32 Å². The molecule has 1 atom stereocenters. The van der Waals surface area contributed by atoms with Gasteiger partial charge in [0.15, 0.2) is 6.10 Å². The lowest BCUT2D eigenvalue weighted by molar-refractivity contribution is -0.157. The third-order valence-corrected chi connectivity index (χ3v) is 4.17. The number of hydrogen-bond acceptors (Lipinski definition) is 4. The quantitative estimate of drug-likeness (QED) is 0.747. The highest BCUT2D eigenvalue weighted by Crippen LogP contribution is 2.09. The lowest BCUT2D eigenvalue weighted by Gasteiger charge is -2.21. The van der Waals surface area contributed by atoms with Gasteiger partial charge in [0.2, 0.25) is 0 Å². The Morgan fingerprint density at radius 3 is 2.25 bits per heavy atom. The van der Waals surface area contributed by atoms with E-state index in [2.05, 4.69) is 5.32 Å². The second-order valence-electron chi connectivity index (χ2n) is 6.87. The fourth-order valence-corrected chi connectivity index (χ4v) is 2.90. The molecule has 1 N–H and O–H groups in total. The summed E-state index contributed by atoms with van der Waals surface area (Å²) in [4.78, 5) is 38.1. The number of amides is 2. The number of nitrogens with one attached hydrogen (secondary N) is 1. The van der Waals surface area contributed by atoms with Crippen LogP contribution in [0.15, 0.2) is 48.5 Å². The Morgan fingerprint density at radius 2 is 1.64 bits per heavy atom. The van der Waals surface area contributed by atoms with Crippen LogP contribution in [0.1, 0.15) is 34.0 Å². The molecule has 0 bridgehead atoms. The number of benzene rings is 2. The molecule has 6 nitrogen and oxygen atoms in total. The maximum Gasteiger partial charge on any atom is 0.326 e. The van der Waals surface area contributed by atoms with Crippen molar-refractivity contribution in [2.45, 2.75) is 33.4 Å². The van der Waals surface area contributed by atoms with E-state index in [-0.39, 0.29) is 18.4 Å². The first-order valence-electron chi connectivity index (χ1n) is 9.11. The Kier molecular flexibility index (Phi) is 7.32. The van der Waals surface area contributed by atoms with Crippen molar-refractivity contribution in [1.29, 1.82) is 0 Å². The van der Waals surface area contributed by atoms with E-state index in [1.165, 1.54) is 11.8 Å². The summed E-state index contributed by atoms with van der Waals surface area (Å²) >= 11 is 0. The van der Waals surface area contributed by atoms with Crippen molar-refractivity contribution in [3.8, 4) is 0 Å². The monoisotopic (exact) mass is 382 g/mol. The normalized spacial score (nSPS) is 11.4. The van der Waals surface area contributed by atoms with Crippen LogP contribution in [0.3, 0.4) is 0 Å². The molecular formula is C22H26N2O4. The Labute approximate surface area is 165 Å². The van der Waals surface area contributed by atoms with Crippen molar-refractivity contribution in [3.05, 3.63) is 70.8 Å². The van der Waals surface area contributed by atoms with Gasteiger partial charge in [-0.1, -0.05) is 47.5 Å². The minimum Gasteiger partial charge on any atom is -0.451 e. The largest absolute Gasteiger partial charge is 0.451 e. The summed E-state index contributed by atoms with van der Waals surface area (Å²) in [6.07, 6.45) is -0.931. The molecule has 0 aromatic heterocycles. The molecule has 0 fully saturated rings. The molecule has 0 saturated heterocycles. The fourth-order valence-electron chi connectivity index (χ4n) is 2.90. The first-order valence-corrected chi connectivity index (χ1v) is 9.11. The first kappa shape index (κ1) is 21.2. The van der Waals surface area contributed by atoms with Crippen molar-refractivity contribution in [2.75, 3.05) is 13.6 Å². The zero-order valence-electron chi connectivity index (χ0n) is 16.7. The number of hydrogen-bond donors (Lipinski definition) is 1. The van der Waals surface area contributed by atoms with E-state index in [1.54, 1.807) is 19.2 Å². The average Bonchev–Trinajstić information content (AvgIpc) is 2.65. The third-order valence-electron chi connectivity index (χ3n) is 4.17. The summed E-state index contributed by atoms with van der Waals surface area (Å²) in [6.45, 7) is 5.44. The van der Waals surface area contributed by atoms with Gasteiger partial charge in [0.1, 0.15) is 6.54 Å². The molecule has 0 spiro atoms. The van der Waals surface area contributed by atoms with Gasteiger partial charge in [0.25, 0.3) is 11.8 Å². The van der Waals surface area contributed by atoms with Gasteiger partial charge in [-0.3, -0.25) is 14.4 Å². The number of aryl methyl sites for hydroxylation is 2. The standard InChI is InChI=1S/C22H26N2O4/c1-15-10-16(2)12-19(11-15)21(26)23-13-20(25)28-17(3)22(27)24(4)14-18-8-6-5-7-9-18/h5-12,17H,13-14H2,1-4H3,(H,23,26). The van der Waals surface area contributed by atoms with Crippen LogP contribution in [0, 0.1) is 13.8 Å². The van der Waals surface area contributed by atoms with E-state index in [0.29, 0.717) is 12.1 Å². The van der Waals surface area contributed by atoms with Crippen LogP contribution in [0.25, 0.3) is 0 Å². The molecule has 28 heavy (non-hydrogen) atoms. The fraction of sp³-hybridized carbons (Fsp3) is 0.318. The van der Waals surface area contributed by atoms with Crippen LogP contribution in [-0.4, -0.2) is 42.4 Å². The van der Waals surface area contributed by atoms with E-state index >= 15 is 0 Å². The van der Waals surface area contributed by atoms with E-state index in [1.807, 2.05) is 50.2 Å². The molecule has 2 rings (SSSR count). The zero-order valence-corrected chi connectivity index (χ0v) is 16.7. The minimum atomic E-state index is -0.931. The Morgan fingerprint density at radius 1 is 1.04 bits per heavy atom. The Bertz CT molecular complexity index is 829. The molecule has 0 aliphatic heterocycles. The van der Waals surface area contributed by atoms with Gasteiger partial charge in [-0.2, -0.15) is 0 Å². The van der Waals surface area contributed by atoms with Crippen LogP contribution in [0.2, 0.25) is 0 Å². The molecule has 0 heterocycles. The van der Waals surface area contributed by atoms with Gasteiger partial charge in [0.05, 0.1) is 0 Å². The molecular weight excluding hydrogens is 356 g/mol. The lowest BCUT2D eigenvalue weighted by atomic mass is 10.1. The van der Waals surface area contributed by atoms with E-state index < -0.39 is 12.1 Å². The molecule has 2 aromatic rings. The van der Waals surface area contributed by atoms with Crippen molar-refractivity contribution >= 4 is 17.8 Å². The average molecular weight is 382 g/mol. The highest BCUT2D eigenvalue weighted by Gasteiger charge is 2.22. The molecule has 2 aromatic carbocycles. The van der Waals surface area contributed by atoms with Crippen molar-refractivity contribution in [1.82, 2.24) is 10.2 Å². The SMILES string of the molecule is Cc1cc(C)cc(C(=O)NCC(=O)OC(C)C(=O)N(C)Cc2ccccc2)c1. The summed E-state index contributed by atoms with van der Waals surface area (Å²) in [7, 11) is 1.65. The number of carbonyl (C=O) groups excluding carboxylic acids is 3. The highest BCUT2D eigenvalue weighted by atomic mass is 16.5. The molecule has 0 radical (unpaired) electrons. The summed E-state index contributed by atoms with van der Waals surface area (Å²) in [5.74, 6) is -1.33. The van der Waals surface area contributed by atoms with Crippen LogP contribution in [-0.2, 0) is 20.9 Å². The number of esters is 1. The van der Waals surface area contributed by atoms with Crippen molar-refractivity contribution in [3.63, 3.8) is 0 Å². The second kappa shape index (κ2) is 9.69. The molecule has 6 heteroatoms. The van der Waals surface area contributed by atoms with Crippen molar-refractivity contribution in [2.24, 2.45) is 0 Å². The molecule has 0 aliphatic rings. The second-order valence-corrected chi connectivity index (χ2v) is 6.87. The Hall–Kier alpha value is -3.15. The summed E-state index contributed by atoms with van der Waals surface area (Å²) < 4.78 is 5.16. The number of rotatable bonds is 7. The first-order chi connectivity index (χ1) is 13.3. The van der Waals surface area contributed by atoms with E-state index in [0.717, 1.165) is 16.7 Å². The van der Waals surface area contributed by atoms with Gasteiger partial charge in [0, 0.05) is 19.2 Å². The van der Waals surface area contributed by atoms with Crippen LogP contribution >= 0.6 is 0 Å². The number of ether oxygens (including phenoxy) is 1. The molecule has 0 aliphatic carbocycles. The number of likely N-dealkylation sites (N-methyl/N-ethyl adjacent to an activating group) is 1. The van der Waals surface area contributed by atoms with E-state index in [4.69, 9.17) is 4.74 Å². The molecule has 0 saturated carbocycles. The summed E-state index contributed by atoms with van der Waals surface area (Å²) in [6, 6.07) is 15.0. The smallest absolute Gasteiger partial charge is 0.326 e. The van der Waals surface area contributed by atoms with Gasteiger partial charge in [-0.15, -0.1) is 0 Å². The van der Waals surface area contributed by atoms with Crippen LogP contribution in [0.5, 0.6) is 0 Å². The summed E-state index contributed by atoms with van der Waals surface area (Å²) in [5.41, 5.74) is 3.40. The van der Waals surface area contributed by atoms with E-state index in [9.17, 15) is 14.4 Å². The van der Waals surface area contributed by atoms with Gasteiger partial charge in [-0.25, -0.2) is 0 Å². The maximum atomic E-state index is 12.4. The lowest BCUT2D eigenvalue weighted by Crippen LogP contribution is -2.39. The predicted molar refractivity (Wildman–Crippen MR) is 107 cm³/mol. The number of carbonyl (C=O) groups is 3. The third kappa shape index (κ3) is 6.23. The molecule has 1 unspecified atom stereocenters. The molecule has 148 valence electrons. The van der Waals surface area contributed by atoms with Gasteiger partial charge < -0.3 is 15.0 Å². The topological polar surface area (TPSA) is 75.7 Å². The van der Waals surface area contributed by atoms with Crippen molar-refractivity contribution < 1.29 is 19.1 Å². The number of nitrogens with zero attached hydrogens (tertiary/aromatic N) is 1. The maximum absolute atomic E-state index is 12.4. The molecule has 2 amide bonds. The minimum absolute atomic E-state index is 0.300. The zero-order chi connectivity index (χ0) is 20.7. The predicted octanol–water partition coefficient (Wildman–Crippen LogP) is 2.62. The Balaban J connectivity index is 1.82. The van der Waals surface area contributed by atoms with Gasteiger partial charge >= 0.3 is 5.97 Å².